The Morgan fingerprint density at radius 2 is 1.95 bits per heavy atom. The quantitative estimate of drug-likeness (QED) is 0.853. The van der Waals surface area contributed by atoms with Crippen molar-refractivity contribution in [1.82, 2.24) is 0 Å². The number of hydrogen-bond donors (Lipinski definition) is 2. The van der Waals surface area contributed by atoms with Crippen LogP contribution in [-0.4, -0.2) is 20.0 Å². The third kappa shape index (κ3) is 3.22. The number of hydrogen-bond acceptors (Lipinski definition) is 3. The number of nitrogen functional groups attached to an aromatic ring is 1. The van der Waals surface area contributed by atoms with Crippen LogP contribution in [0.2, 0.25) is 5.02 Å². The zero-order valence-electron chi connectivity index (χ0n) is 11.4. The second-order valence-corrected chi connectivity index (χ2v) is 5.07. The van der Waals surface area contributed by atoms with E-state index in [1.54, 1.807) is 18.2 Å². The van der Waals surface area contributed by atoms with Gasteiger partial charge in [0.1, 0.15) is 0 Å². The minimum absolute atomic E-state index is 0.277. The lowest BCUT2D eigenvalue weighted by atomic mass is 10.1. The van der Waals surface area contributed by atoms with Crippen molar-refractivity contribution in [1.29, 1.82) is 0 Å². The molecule has 0 aliphatic rings. The predicted octanol–water partition coefficient (Wildman–Crippen LogP) is 3.24. The van der Waals surface area contributed by atoms with Crippen molar-refractivity contribution in [2.24, 2.45) is 0 Å². The van der Waals surface area contributed by atoms with Gasteiger partial charge in [-0.15, -0.1) is 0 Å². The fourth-order valence-corrected chi connectivity index (χ4v) is 1.96. The molecule has 0 fully saturated rings. The summed E-state index contributed by atoms with van der Waals surface area (Å²) >= 11 is 5.89. The lowest BCUT2D eigenvalue weighted by Gasteiger charge is -2.14. The monoisotopic (exact) mass is 289 g/mol. The maximum Gasteiger partial charge on any atom is 0.257 e. The third-order valence-electron chi connectivity index (χ3n) is 2.88. The molecule has 2 rings (SSSR count). The van der Waals surface area contributed by atoms with Crippen LogP contribution in [-0.2, 0) is 0 Å². The van der Waals surface area contributed by atoms with E-state index in [-0.39, 0.29) is 5.91 Å². The Hall–Kier alpha value is -2.20. The highest BCUT2D eigenvalue weighted by molar-refractivity contribution is 6.31. The Labute approximate surface area is 123 Å². The number of benzene rings is 2. The van der Waals surface area contributed by atoms with Crippen LogP contribution in [0.25, 0.3) is 0 Å². The highest BCUT2D eigenvalue weighted by Gasteiger charge is 2.11. The highest BCUT2D eigenvalue weighted by Crippen LogP contribution is 2.21. The van der Waals surface area contributed by atoms with Crippen molar-refractivity contribution in [2.45, 2.75) is 0 Å². The third-order valence-corrected chi connectivity index (χ3v) is 3.12. The molecular weight excluding hydrogens is 274 g/mol. The molecule has 5 heteroatoms. The zero-order chi connectivity index (χ0) is 14.7. The van der Waals surface area contributed by atoms with Crippen molar-refractivity contribution in [3.8, 4) is 0 Å². The van der Waals surface area contributed by atoms with Gasteiger partial charge in [-0.2, -0.15) is 0 Å². The number of anilines is 3. The van der Waals surface area contributed by atoms with Gasteiger partial charge in [0.2, 0.25) is 0 Å². The van der Waals surface area contributed by atoms with Gasteiger partial charge in [0.25, 0.3) is 5.91 Å². The van der Waals surface area contributed by atoms with Gasteiger partial charge in [0.15, 0.2) is 0 Å². The van der Waals surface area contributed by atoms with Crippen LogP contribution >= 0.6 is 11.6 Å². The SMILES string of the molecule is CN(C)c1cccc(NC(=O)c2cc(Cl)ccc2N)c1. The highest BCUT2D eigenvalue weighted by atomic mass is 35.5. The van der Waals surface area contributed by atoms with Crippen molar-refractivity contribution in [2.75, 3.05) is 30.0 Å². The summed E-state index contributed by atoms with van der Waals surface area (Å²) in [5.74, 6) is -0.277. The number of amides is 1. The Morgan fingerprint density at radius 1 is 1.20 bits per heavy atom. The van der Waals surface area contributed by atoms with E-state index in [4.69, 9.17) is 17.3 Å². The summed E-state index contributed by atoms with van der Waals surface area (Å²) in [6.07, 6.45) is 0. The molecule has 1 amide bonds. The number of nitrogens with zero attached hydrogens (tertiary/aromatic N) is 1. The fraction of sp³-hybridized carbons (Fsp3) is 0.133. The summed E-state index contributed by atoms with van der Waals surface area (Å²) in [5, 5.41) is 3.30. The molecule has 2 aromatic rings. The number of halogens is 1. The van der Waals surface area contributed by atoms with Gasteiger partial charge in [0, 0.05) is 36.2 Å². The van der Waals surface area contributed by atoms with Gasteiger partial charge in [-0.05, 0) is 36.4 Å². The molecule has 0 aromatic heterocycles. The predicted molar refractivity (Wildman–Crippen MR) is 84.6 cm³/mol. The standard InChI is InChI=1S/C15H16ClN3O/c1-19(2)12-5-3-4-11(9-12)18-15(20)13-8-10(16)6-7-14(13)17/h3-9H,17H2,1-2H3,(H,18,20). The van der Waals surface area contributed by atoms with Crippen LogP contribution < -0.4 is 16.0 Å². The molecule has 0 saturated heterocycles. The Morgan fingerprint density at radius 3 is 2.65 bits per heavy atom. The van der Waals surface area contributed by atoms with Crippen molar-refractivity contribution >= 4 is 34.6 Å². The van der Waals surface area contributed by atoms with E-state index in [0.717, 1.165) is 5.69 Å². The topological polar surface area (TPSA) is 58.4 Å². The smallest absolute Gasteiger partial charge is 0.257 e. The molecule has 0 bridgehead atoms. The molecule has 0 heterocycles. The Balaban J connectivity index is 2.23. The van der Waals surface area contributed by atoms with Crippen LogP contribution in [0.4, 0.5) is 17.1 Å². The van der Waals surface area contributed by atoms with E-state index in [1.165, 1.54) is 0 Å². The van der Waals surface area contributed by atoms with Gasteiger partial charge in [-0.1, -0.05) is 17.7 Å². The van der Waals surface area contributed by atoms with E-state index < -0.39 is 0 Å². The molecular formula is C15H16ClN3O. The van der Waals surface area contributed by atoms with Crippen LogP contribution in [0.1, 0.15) is 10.4 Å². The van der Waals surface area contributed by atoms with Gasteiger partial charge in [-0.3, -0.25) is 4.79 Å². The molecule has 104 valence electrons. The summed E-state index contributed by atoms with van der Waals surface area (Å²) in [7, 11) is 3.88. The van der Waals surface area contributed by atoms with E-state index in [0.29, 0.717) is 22.0 Å². The summed E-state index contributed by atoms with van der Waals surface area (Å²) in [6.45, 7) is 0. The normalized spacial score (nSPS) is 10.2. The van der Waals surface area contributed by atoms with Crippen molar-refractivity contribution < 1.29 is 4.79 Å². The Kier molecular flexibility index (Phi) is 4.15. The summed E-state index contributed by atoms with van der Waals surface area (Å²) in [4.78, 5) is 14.2. The van der Waals surface area contributed by atoms with Crippen LogP contribution in [0.15, 0.2) is 42.5 Å². The second kappa shape index (κ2) is 5.84. The van der Waals surface area contributed by atoms with Gasteiger partial charge in [0.05, 0.1) is 5.56 Å². The summed E-state index contributed by atoms with van der Waals surface area (Å²) in [6, 6.07) is 12.4. The molecule has 4 nitrogen and oxygen atoms in total. The second-order valence-electron chi connectivity index (χ2n) is 4.63. The minimum atomic E-state index is -0.277. The molecule has 3 N–H and O–H groups in total. The van der Waals surface area contributed by atoms with Crippen LogP contribution in [0.5, 0.6) is 0 Å². The number of nitrogens with one attached hydrogen (secondary N) is 1. The van der Waals surface area contributed by atoms with E-state index in [1.807, 2.05) is 43.3 Å². The maximum absolute atomic E-state index is 12.2. The molecule has 0 aliphatic heterocycles. The van der Waals surface area contributed by atoms with E-state index in [2.05, 4.69) is 5.32 Å². The molecule has 0 atom stereocenters. The lowest BCUT2D eigenvalue weighted by molar-refractivity contribution is 0.102. The molecule has 0 aliphatic carbocycles. The van der Waals surface area contributed by atoms with Crippen LogP contribution in [0, 0.1) is 0 Å². The van der Waals surface area contributed by atoms with Crippen LogP contribution in [0.3, 0.4) is 0 Å². The largest absolute Gasteiger partial charge is 0.398 e. The van der Waals surface area contributed by atoms with Gasteiger partial charge < -0.3 is 16.0 Å². The molecule has 0 saturated carbocycles. The van der Waals surface area contributed by atoms with Crippen molar-refractivity contribution in [3.63, 3.8) is 0 Å². The fourth-order valence-electron chi connectivity index (χ4n) is 1.79. The first-order valence-corrected chi connectivity index (χ1v) is 6.49. The number of nitrogens with two attached hydrogens (primary N) is 1. The molecule has 0 unspecified atom stereocenters. The lowest BCUT2D eigenvalue weighted by Crippen LogP contribution is -2.15. The summed E-state index contributed by atoms with van der Waals surface area (Å²) in [5.41, 5.74) is 8.27. The summed E-state index contributed by atoms with van der Waals surface area (Å²) < 4.78 is 0. The first kappa shape index (κ1) is 14.2. The van der Waals surface area contributed by atoms with E-state index in [9.17, 15) is 4.79 Å². The molecule has 2 aromatic carbocycles. The number of carbonyl (C=O) groups is 1. The van der Waals surface area contributed by atoms with E-state index >= 15 is 0 Å². The first-order valence-electron chi connectivity index (χ1n) is 6.11. The zero-order valence-corrected chi connectivity index (χ0v) is 12.1. The Bertz CT molecular complexity index is 641. The molecule has 0 radical (unpaired) electrons. The maximum atomic E-state index is 12.2. The average molecular weight is 290 g/mol. The first-order chi connectivity index (χ1) is 9.47. The molecule has 0 spiro atoms. The van der Waals surface area contributed by atoms with Gasteiger partial charge >= 0.3 is 0 Å². The average Bonchev–Trinajstić information content (AvgIpc) is 2.41. The van der Waals surface area contributed by atoms with Crippen molar-refractivity contribution in [3.05, 3.63) is 53.1 Å². The number of rotatable bonds is 3. The minimum Gasteiger partial charge on any atom is -0.398 e. The number of carbonyl (C=O) groups excluding carboxylic acids is 1. The van der Waals surface area contributed by atoms with Gasteiger partial charge in [-0.25, -0.2) is 0 Å². The molecule has 20 heavy (non-hydrogen) atoms.